The van der Waals surface area contributed by atoms with Crippen molar-refractivity contribution in [1.82, 2.24) is 15.3 Å². The number of hydrogen-bond acceptors (Lipinski definition) is 5. The fourth-order valence-corrected chi connectivity index (χ4v) is 3.38. The molecule has 1 N–H and O–H groups in total. The minimum absolute atomic E-state index is 0.734. The zero-order chi connectivity index (χ0) is 16.4. The summed E-state index contributed by atoms with van der Waals surface area (Å²) >= 11 is 6.05. The third kappa shape index (κ3) is 3.24. The third-order valence-electron chi connectivity index (χ3n) is 4.56. The summed E-state index contributed by atoms with van der Waals surface area (Å²) in [5, 5.41) is 4.23. The Balaban J connectivity index is 1.81. The van der Waals surface area contributed by atoms with Crippen molar-refractivity contribution in [2.24, 2.45) is 0 Å². The zero-order valence-corrected chi connectivity index (χ0v) is 14.4. The van der Waals surface area contributed by atoms with Gasteiger partial charge in [-0.1, -0.05) is 23.7 Å². The largest absolute Gasteiger partial charge is 0.378 e. The van der Waals surface area contributed by atoms with Crippen LogP contribution in [-0.4, -0.2) is 42.8 Å². The summed E-state index contributed by atoms with van der Waals surface area (Å²) in [7, 11) is 0. The Morgan fingerprint density at radius 3 is 2.67 bits per heavy atom. The molecular formula is C18H21ClN4O. The molecule has 0 atom stereocenters. The van der Waals surface area contributed by atoms with Crippen LogP contribution < -0.4 is 10.2 Å². The highest BCUT2D eigenvalue weighted by Gasteiger charge is 2.21. The van der Waals surface area contributed by atoms with E-state index in [1.165, 1.54) is 11.3 Å². The van der Waals surface area contributed by atoms with E-state index in [1.54, 1.807) is 0 Å². The van der Waals surface area contributed by atoms with Crippen LogP contribution in [-0.2, 0) is 17.7 Å². The van der Waals surface area contributed by atoms with Crippen molar-refractivity contribution in [2.75, 3.05) is 37.7 Å². The second-order valence-electron chi connectivity index (χ2n) is 6.18. The predicted octanol–water partition coefficient (Wildman–Crippen LogP) is 2.67. The lowest BCUT2D eigenvalue weighted by Gasteiger charge is -2.28. The van der Waals surface area contributed by atoms with Gasteiger partial charge in [0.2, 0.25) is 5.95 Å². The molecule has 1 saturated heterocycles. The van der Waals surface area contributed by atoms with Crippen molar-refractivity contribution in [3.05, 3.63) is 40.5 Å². The van der Waals surface area contributed by atoms with Crippen molar-refractivity contribution in [3.63, 3.8) is 0 Å². The summed E-state index contributed by atoms with van der Waals surface area (Å²) in [5.74, 6) is 0.823. The van der Waals surface area contributed by atoms with Crippen LogP contribution in [0.5, 0.6) is 0 Å². The summed E-state index contributed by atoms with van der Waals surface area (Å²) in [6, 6.07) is 7.92. The first kappa shape index (κ1) is 15.8. The van der Waals surface area contributed by atoms with Crippen LogP contribution in [0.3, 0.4) is 0 Å². The van der Waals surface area contributed by atoms with Gasteiger partial charge < -0.3 is 15.0 Å². The monoisotopic (exact) mass is 344 g/mol. The van der Waals surface area contributed by atoms with Gasteiger partial charge in [0.05, 0.1) is 24.6 Å². The highest BCUT2D eigenvalue weighted by atomic mass is 35.5. The molecule has 0 unspecified atom stereocenters. The fraction of sp³-hybridized carbons (Fsp3) is 0.444. The van der Waals surface area contributed by atoms with Crippen LogP contribution in [0.15, 0.2) is 24.3 Å². The normalized spacial score (nSPS) is 18.1. The second-order valence-corrected chi connectivity index (χ2v) is 6.62. The highest BCUT2D eigenvalue weighted by molar-refractivity contribution is 6.30. The number of halogens is 1. The molecule has 126 valence electrons. The van der Waals surface area contributed by atoms with E-state index in [1.807, 2.05) is 24.3 Å². The van der Waals surface area contributed by atoms with Gasteiger partial charge >= 0.3 is 0 Å². The summed E-state index contributed by atoms with van der Waals surface area (Å²) in [4.78, 5) is 12.0. The number of ether oxygens (including phenoxy) is 1. The maximum absolute atomic E-state index is 6.05. The minimum atomic E-state index is 0.734. The van der Waals surface area contributed by atoms with Crippen LogP contribution in [0.2, 0.25) is 5.02 Å². The fourth-order valence-electron chi connectivity index (χ4n) is 3.26. The molecule has 0 bridgehead atoms. The molecule has 2 aromatic rings. The molecule has 1 aromatic carbocycles. The van der Waals surface area contributed by atoms with E-state index >= 15 is 0 Å². The lowest BCUT2D eigenvalue weighted by molar-refractivity contribution is 0.122. The van der Waals surface area contributed by atoms with Gasteiger partial charge in [0.25, 0.3) is 0 Å². The molecular weight excluding hydrogens is 324 g/mol. The van der Waals surface area contributed by atoms with Crippen molar-refractivity contribution < 1.29 is 4.74 Å². The van der Waals surface area contributed by atoms with Gasteiger partial charge in [-0.25, -0.2) is 9.97 Å². The Bertz CT molecular complexity index is 714. The average Bonchev–Trinajstić information content (AvgIpc) is 2.88. The van der Waals surface area contributed by atoms with Gasteiger partial charge in [0.1, 0.15) is 0 Å². The molecule has 5 nitrogen and oxygen atoms in total. The molecule has 0 saturated carbocycles. The van der Waals surface area contributed by atoms with Crippen LogP contribution in [0.1, 0.15) is 17.7 Å². The van der Waals surface area contributed by atoms with E-state index in [9.17, 15) is 0 Å². The Labute approximate surface area is 147 Å². The van der Waals surface area contributed by atoms with Gasteiger partial charge in [0.15, 0.2) is 0 Å². The van der Waals surface area contributed by atoms with E-state index in [-0.39, 0.29) is 0 Å². The minimum Gasteiger partial charge on any atom is -0.378 e. The van der Waals surface area contributed by atoms with Crippen LogP contribution in [0.4, 0.5) is 5.95 Å². The Hall–Kier alpha value is -1.69. The predicted molar refractivity (Wildman–Crippen MR) is 95.5 cm³/mol. The SMILES string of the molecule is Clc1ccc(-c2nc(N3CCOCC3)nc3c2CNCCC3)cc1. The average molecular weight is 345 g/mol. The van der Waals surface area contributed by atoms with Crippen LogP contribution >= 0.6 is 11.6 Å². The molecule has 0 amide bonds. The summed E-state index contributed by atoms with van der Waals surface area (Å²) in [5.41, 5.74) is 4.50. The zero-order valence-electron chi connectivity index (χ0n) is 13.6. The number of aryl methyl sites for hydroxylation is 1. The van der Waals surface area contributed by atoms with Crippen molar-refractivity contribution in [3.8, 4) is 11.3 Å². The van der Waals surface area contributed by atoms with Crippen molar-refractivity contribution in [1.29, 1.82) is 0 Å². The number of morpholine rings is 1. The number of nitrogens with zero attached hydrogens (tertiary/aromatic N) is 3. The number of aromatic nitrogens is 2. The summed E-state index contributed by atoms with van der Waals surface area (Å²) < 4.78 is 5.46. The van der Waals surface area contributed by atoms with E-state index in [0.717, 1.165) is 74.5 Å². The Kier molecular flexibility index (Phi) is 4.65. The van der Waals surface area contributed by atoms with Gasteiger partial charge in [-0.3, -0.25) is 0 Å². The molecule has 0 aliphatic carbocycles. The lowest BCUT2D eigenvalue weighted by Crippen LogP contribution is -2.37. The van der Waals surface area contributed by atoms with Gasteiger partial charge in [0, 0.05) is 35.8 Å². The molecule has 0 radical (unpaired) electrons. The second kappa shape index (κ2) is 7.05. The van der Waals surface area contributed by atoms with Crippen molar-refractivity contribution >= 4 is 17.5 Å². The molecule has 4 rings (SSSR count). The quantitative estimate of drug-likeness (QED) is 0.907. The van der Waals surface area contributed by atoms with Crippen LogP contribution in [0, 0.1) is 0 Å². The smallest absolute Gasteiger partial charge is 0.226 e. The number of fused-ring (bicyclic) bond motifs is 1. The van der Waals surface area contributed by atoms with E-state index in [4.69, 9.17) is 26.3 Å². The number of hydrogen-bond donors (Lipinski definition) is 1. The lowest BCUT2D eigenvalue weighted by atomic mass is 10.0. The van der Waals surface area contributed by atoms with Gasteiger partial charge in [-0.15, -0.1) is 0 Å². The first-order chi connectivity index (χ1) is 11.8. The maximum Gasteiger partial charge on any atom is 0.226 e. The van der Waals surface area contributed by atoms with Crippen LogP contribution in [0.25, 0.3) is 11.3 Å². The molecule has 1 fully saturated rings. The number of anilines is 1. The van der Waals surface area contributed by atoms with E-state index in [0.29, 0.717) is 0 Å². The number of nitrogens with one attached hydrogen (secondary N) is 1. The highest BCUT2D eigenvalue weighted by Crippen LogP contribution is 2.29. The first-order valence-electron chi connectivity index (χ1n) is 8.50. The van der Waals surface area contributed by atoms with Crippen molar-refractivity contribution in [2.45, 2.75) is 19.4 Å². The molecule has 6 heteroatoms. The topological polar surface area (TPSA) is 50.3 Å². The number of benzene rings is 1. The van der Waals surface area contributed by atoms with Gasteiger partial charge in [-0.2, -0.15) is 0 Å². The summed E-state index contributed by atoms with van der Waals surface area (Å²) in [6.45, 7) is 4.99. The third-order valence-corrected chi connectivity index (χ3v) is 4.81. The first-order valence-corrected chi connectivity index (χ1v) is 8.88. The number of rotatable bonds is 2. The molecule has 3 heterocycles. The maximum atomic E-state index is 6.05. The molecule has 2 aliphatic heterocycles. The molecule has 0 spiro atoms. The van der Waals surface area contributed by atoms with Gasteiger partial charge in [-0.05, 0) is 31.5 Å². The molecule has 24 heavy (non-hydrogen) atoms. The van der Waals surface area contributed by atoms with E-state index < -0.39 is 0 Å². The molecule has 2 aliphatic rings. The van der Waals surface area contributed by atoms with E-state index in [2.05, 4.69) is 10.2 Å². The molecule has 1 aromatic heterocycles. The standard InChI is InChI=1S/C18H21ClN4O/c19-14-5-3-13(4-6-14)17-15-12-20-7-1-2-16(15)21-18(22-17)23-8-10-24-11-9-23/h3-6,20H,1-2,7-12H2. The Morgan fingerprint density at radius 2 is 1.88 bits per heavy atom. The summed E-state index contributed by atoms with van der Waals surface area (Å²) in [6.07, 6.45) is 2.09. The Morgan fingerprint density at radius 1 is 1.08 bits per heavy atom.